The first-order valence-corrected chi connectivity index (χ1v) is 6.92. The largest absolute Gasteiger partial charge is 0.318 e. The maximum absolute atomic E-state index is 12.0. The van der Waals surface area contributed by atoms with Gasteiger partial charge in [-0.25, -0.2) is 0 Å². The van der Waals surface area contributed by atoms with Gasteiger partial charge in [0, 0.05) is 23.5 Å². The second-order valence-corrected chi connectivity index (χ2v) is 5.81. The fourth-order valence-corrected chi connectivity index (χ4v) is 2.70. The molecule has 0 radical (unpaired) electrons. The fourth-order valence-electron chi connectivity index (χ4n) is 1.66. The topological polar surface area (TPSA) is 46.9 Å². The zero-order valence-electron chi connectivity index (χ0n) is 10.5. The molecule has 0 aliphatic heterocycles. The van der Waals surface area contributed by atoms with Gasteiger partial charge in [0.15, 0.2) is 0 Å². The van der Waals surface area contributed by atoms with Crippen molar-refractivity contribution < 1.29 is 4.79 Å². The lowest BCUT2D eigenvalue weighted by Crippen LogP contribution is -2.11. The lowest BCUT2D eigenvalue weighted by atomic mass is 10.1. The smallest absolute Gasteiger partial charge is 0.265 e. The molecule has 0 saturated carbocycles. The van der Waals surface area contributed by atoms with E-state index in [1.807, 2.05) is 18.6 Å². The Morgan fingerprint density at radius 2 is 2.28 bits per heavy atom. The van der Waals surface area contributed by atoms with Crippen LogP contribution in [0.1, 0.15) is 35.1 Å². The Morgan fingerprint density at radius 3 is 2.83 bits per heavy atom. The van der Waals surface area contributed by atoms with Crippen molar-refractivity contribution in [3.63, 3.8) is 0 Å². The molecule has 0 bridgehead atoms. The number of carbonyl (C=O) groups excluding carboxylic acids is 1. The van der Waals surface area contributed by atoms with Gasteiger partial charge in [0.1, 0.15) is 0 Å². The zero-order chi connectivity index (χ0) is 13.3. The standard InChI is InChI=1S/C12H15N3OS2/c1-7(2)11-9(5-15(3)14-11)13-12(16)10-4-8(17)6-18-10/h4-7,17H,1-3H3,(H,13,16). The molecular formula is C12H15N3OS2. The van der Waals surface area contributed by atoms with E-state index < -0.39 is 0 Å². The molecule has 0 fully saturated rings. The molecule has 2 aromatic rings. The predicted octanol–water partition coefficient (Wildman–Crippen LogP) is 3.15. The summed E-state index contributed by atoms with van der Waals surface area (Å²) < 4.78 is 1.71. The van der Waals surface area contributed by atoms with Crippen LogP contribution in [0.5, 0.6) is 0 Å². The summed E-state index contributed by atoms with van der Waals surface area (Å²) in [5.41, 5.74) is 1.67. The Morgan fingerprint density at radius 1 is 1.56 bits per heavy atom. The van der Waals surface area contributed by atoms with Crippen LogP contribution in [-0.2, 0) is 7.05 Å². The molecule has 2 aromatic heterocycles. The summed E-state index contributed by atoms with van der Waals surface area (Å²) in [5.74, 6) is 0.153. The van der Waals surface area contributed by atoms with Gasteiger partial charge in [-0.2, -0.15) is 5.10 Å². The maximum Gasteiger partial charge on any atom is 0.265 e. The highest BCUT2D eigenvalue weighted by Crippen LogP contribution is 2.24. The third kappa shape index (κ3) is 2.76. The van der Waals surface area contributed by atoms with Crippen molar-refractivity contribution in [1.29, 1.82) is 0 Å². The number of nitrogens with zero attached hydrogens (tertiary/aromatic N) is 2. The fraction of sp³-hybridized carbons (Fsp3) is 0.333. The molecule has 2 heterocycles. The molecule has 1 amide bonds. The Hall–Kier alpha value is -1.27. The SMILES string of the molecule is CC(C)c1nn(C)cc1NC(=O)c1cc(S)cs1. The van der Waals surface area contributed by atoms with Gasteiger partial charge in [0.25, 0.3) is 5.91 Å². The summed E-state index contributed by atoms with van der Waals surface area (Å²) in [6.45, 7) is 4.10. The summed E-state index contributed by atoms with van der Waals surface area (Å²) in [6, 6.07) is 1.76. The maximum atomic E-state index is 12.0. The highest BCUT2D eigenvalue weighted by molar-refractivity contribution is 7.80. The van der Waals surface area contributed by atoms with Crippen molar-refractivity contribution >= 4 is 35.6 Å². The molecule has 4 nitrogen and oxygen atoms in total. The van der Waals surface area contributed by atoms with Crippen molar-refractivity contribution in [2.24, 2.45) is 7.05 Å². The van der Waals surface area contributed by atoms with Crippen molar-refractivity contribution in [1.82, 2.24) is 9.78 Å². The van der Waals surface area contributed by atoms with Gasteiger partial charge in [-0.15, -0.1) is 24.0 Å². The predicted molar refractivity (Wildman–Crippen MR) is 76.8 cm³/mol. The average Bonchev–Trinajstić information content (AvgIpc) is 2.85. The van der Waals surface area contributed by atoms with E-state index in [0.717, 1.165) is 16.3 Å². The number of thiophene rings is 1. The second-order valence-electron chi connectivity index (χ2n) is 4.38. The van der Waals surface area contributed by atoms with E-state index in [1.54, 1.807) is 10.7 Å². The first-order chi connectivity index (χ1) is 8.47. The minimum absolute atomic E-state index is 0.116. The molecule has 0 aliphatic carbocycles. The monoisotopic (exact) mass is 281 g/mol. The van der Waals surface area contributed by atoms with Crippen LogP contribution in [0.4, 0.5) is 5.69 Å². The third-order valence-electron chi connectivity index (χ3n) is 2.46. The van der Waals surface area contributed by atoms with Crippen molar-refractivity contribution in [3.05, 3.63) is 28.2 Å². The molecule has 0 saturated heterocycles. The van der Waals surface area contributed by atoms with Gasteiger partial charge in [-0.1, -0.05) is 13.8 Å². The number of thiol groups is 1. The first-order valence-electron chi connectivity index (χ1n) is 5.59. The first kappa shape index (κ1) is 13.2. The number of nitrogens with one attached hydrogen (secondary N) is 1. The van der Waals surface area contributed by atoms with Crippen molar-refractivity contribution in [2.45, 2.75) is 24.7 Å². The molecule has 0 atom stereocenters. The number of hydrogen-bond donors (Lipinski definition) is 2. The molecule has 0 aliphatic rings. The van der Waals surface area contributed by atoms with Gasteiger partial charge in [0.05, 0.1) is 16.3 Å². The van der Waals surface area contributed by atoms with E-state index in [-0.39, 0.29) is 11.8 Å². The van der Waals surface area contributed by atoms with E-state index in [1.165, 1.54) is 11.3 Å². The Bertz CT molecular complexity index is 572. The molecule has 2 rings (SSSR count). The van der Waals surface area contributed by atoms with E-state index in [2.05, 4.69) is 36.9 Å². The van der Waals surface area contributed by atoms with Crippen molar-refractivity contribution in [3.8, 4) is 0 Å². The van der Waals surface area contributed by atoms with Crippen LogP contribution >= 0.6 is 24.0 Å². The molecule has 0 spiro atoms. The van der Waals surface area contributed by atoms with E-state index >= 15 is 0 Å². The molecule has 18 heavy (non-hydrogen) atoms. The van der Waals surface area contributed by atoms with Gasteiger partial charge in [0.2, 0.25) is 0 Å². The van der Waals surface area contributed by atoms with Crippen molar-refractivity contribution in [2.75, 3.05) is 5.32 Å². The minimum Gasteiger partial charge on any atom is -0.318 e. The Balaban J connectivity index is 2.21. The number of anilines is 1. The number of amides is 1. The Labute approximate surface area is 115 Å². The van der Waals surface area contributed by atoms with E-state index in [0.29, 0.717) is 4.88 Å². The summed E-state index contributed by atoms with van der Waals surface area (Å²) in [7, 11) is 1.85. The summed E-state index contributed by atoms with van der Waals surface area (Å²) in [6.07, 6.45) is 1.82. The Kier molecular flexibility index (Phi) is 3.77. The lowest BCUT2D eigenvalue weighted by Gasteiger charge is -2.05. The number of aryl methyl sites for hydroxylation is 1. The van der Waals surface area contributed by atoms with Gasteiger partial charge in [-0.3, -0.25) is 9.48 Å². The van der Waals surface area contributed by atoms with Gasteiger partial charge >= 0.3 is 0 Å². The van der Waals surface area contributed by atoms with Crippen LogP contribution in [-0.4, -0.2) is 15.7 Å². The molecule has 0 unspecified atom stereocenters. The zero-order valence-corrected chi connectivity index (χ0v) is 12.2. The molecule has 6 heteroatoms. The van der Waals surface area contributed by atoms with E-state index in [9.17, 15) is 4.79 Å². The lowest BCUT2D eigenvalue weighted by molar-refractivity contribution is 0.103. The van der Waals surface area contributed by atoms with Crippen LogP contribution in [0.2, 0.25) is 0 Å². The number of hydrogen-bond acceptors (Lipinski definition) is 4. The van der Waals surface area contributed by atoms with Crippen LogP contribution in [0.3, 0.4) is 0 Å². The number of carbonyl (C=O) groups is 1. The quantitative estimate of drug-likeness (QED) is 0.849. The molecule has 1 N–H and O–H groups in total. The highest BCUT2D eigenvalue weighted by atomic mass is 32.1. The van der Waals surface area contributed by atoms with Crippen LogP contribution in [0, 0.1) is 0 Å². The summed E-state index contributed by atoms with van der Waals surface area (Å²) >= 11 is 5.58. The van der Waals surface area contributed by atoms with Crippen LogP contribution in [0.25, 0.3) is 0 Å². The normalized spacial score (nSPS) is 10.9. The molecular weight excluding hydrogens is 266 g/mol. The van der Waals surface area contributed by atoms with Crippen LogP contribution in [0.15, 0.2) is 22.5 Å². The number of aromatic nitrogens is 2. The van der Waals surface area contributed by atoms with E-state index in [4.69, 9.17) is 0 Å². The summed E-state index contributed by atoms with van der Waals surface area (Å²) in [5, 5.41) is 9.09. The molecule has 96 valence electrons. The number of rotatable bonds is 3. The minimum atomic E-state index is -0.116. The van der Waals surface area contributed by atoms with Gasteiger partial charge in [-0.05, 0) is 12.0 Å². The van der Waals surface area contributed by atoms with Crippen LogP contribution < -0.4 is 5.32 Å². The second kappa shape index (κ2) is 5.16. The van der Waals surface area contributed by atoms with Gasteiger partial charge < -0.3 is 5.32 Å². The average molecular weight is 281 g/mol. The third-order valence-corrected chi connectivity index (χ3v) is 3.82. The highest BCUT2D eigenvalue weighted by Gasteiger charge is 2.15. The summed E-state index contributed by atoms with van der Waals surface area (Å²) in [4.78, 5) is 13.5. The molecule has 0 aromatic carbocycles.